The maximum absolute atomic E-state index is 3.95. The number of rotatable bonds is 4. The molecule has 0 radical (unpaired) electrons. The summed E-state index contributed by atoms with van der Waals surface area (Å²) < 4.78 is 0. The fourth-order valence-electron chi connectivity index (χ4n) is 0.973. The van der Waals surface area contributed by atoms with E-state index >= 15 is 0 Å². The van der Waals surface area contributed by atoms with Gasteiger partial charge in [0.15, 0.2) is 0 Å². The molecule has 1 N–H and O–H groups in total. The number of aromatic amines is 1. The molecule has 0 aliphatic rings. The van der Waals surface area contributed by atoms with Gasteiger partial charge in [0.25, 0.3) is 0 Å². The molecule has 0 amide bonds. The van der Waals surface area contributed by atoms with Gasteiger partial charge in [0.1, 0.15) is 5.82 Å². The third kappa shape index (κ3) is 2.26. The average molecular weight is 153 g/mol. The molecule has 1 rings (SSSR count). The number of hydrogen-bond acceptors (Lipinski definition) is 2. The maximum atomic E-state index is 3.95. The first-order chi connectivity index (χ1) is 5.34. The van der Waals surface area contributed by atoms with Gasteiger partial charge in [-0.15, -0.1) is 0 Å². The van der Waals surface area contributed by atoms with Crippen LogP contribution in [-0.4, -0.2) is 23.6 Å². The van der Waals surface area contributed by atoms with Crippen LogP contribution in [0.15, 0.2) is 12.5 Å². The Hall–Kier alpha value is -0.990. The monoisotopic (exact) mass is 153 g/mol. The van der Waals surface area contributed by atoms with E-state index in [1.54, 1.807) is 6.33 Å². The summed E-state index contributed by atoms with van der Waals surface area (Å²) in [5, 5.41) is 0. The first-order valence-electron chi connectivity index (χ1n) is 4.04. The van der Waals surface area contributed by atoms with Crippen molar-refractivity contribution < 1.29 is 0 Å². The van der Waals surface area contributed by atoms with E-state index in [2.05, 4.69) is 28.8 Å². The summed E-state index contributed by atoms with van der Waals surface area (Å²) in [5.41, 5.74) is 0. The molecule has 0 bridgehead atoms. The van der Waals surface area contributed by atoms with Gasteiger partial charge in [0, 0.05) is 13.6 Å². The maximum Gasteiger partial charge on any atom is 0.125 e. The Morgan fingerprint density at radius 1 is 1.64 bits per heavy atom. The van der Waals surface area contributed by atoms with Crippen molar-refractivity contribution in [3.8, 4) is 0 Å². The molecule has 3 heteroatoms. The molecule has 0 spiro atoms. The van der Waals surface area contributed by atoms with Gasteiger partial charge in [0.2, 0.25) is 0 Å². The van der Waals surface area contributed by atoms with Crippen LogP contribution in [0.3, 0.4) is 0 Å². The van der Waals surface area contributed by atoms with Gasteiger partial charge >= 0.3 is 0 Å². The van der Waals surface area contributed by atoms with Gasteiger partial charge < -0.3 is 9.88 Å². The fraction of sp³-hybridized carbons (Fsp3) is 0.625. The van der Waals surface area contributed by atoms with E-state index in [9.17, 15) is 0 Å². The van der Waals surface area contributed by atoms with Crippen LogP contribution in [0.4, 0.5) is 5.82 Å². The normalized spacial score (nSPS) is 10.0. The third-order valence-corrected chi connectivity index (χ3v) is 1.74. The van der Waals surface area contributed by atoms with Crippen LogP contribution in [0.1, 0.15) is 19.8 Å². The zero-order valence-electron chi connectivity index (χ0n) is 7.17. The van der Waals surface area contributed by atoms with Crippen LogP contribution < -0.4 is 4.90 Å². The lowest BCUT2D eigenvalue weighted by Crippen LogP contribution is -2.18. The molecular weight excluding hydrogens is 138 g/mol. The average Bonchev–Trinajstić information content (AvgIpc) is 2.52. The smallest absolute Gasteiger partial charge is 0.125 e. The molecule has 0 fully saturated rings. The topological polar surface area (TPSA) is 31.9 Å². The van der Waals surface area contributed by atoms with Crippen molar-refractivity contribution in [1.29, 1.82) is 0 Å². The van der Waals surface area contributed by atoms with E-state index in [0.29, 0.717) is 0 Å². The molecule has 1 heterocycles. The highest BCUT2D eigenvalue weighted by atomic mass is 15.2. The van der Waals surface area contributed by atoms with Gasteiger partial charge in [-0.2, -0.15) is 0 Å². The summed E-state index contributed by atoms with van der Waals surface area (Å²) in [4.78, 5) is 9.19. The third-order valence-electron chi connectivity index (χ3n) is 1.74. The summed E-state index contributed by atoms with van der Waals surface area (Å²) in [6.07, 6.45) is 6.02. The minimum Gasteiger partial charge on any atom is -0.360 e. The highest BCUT2D eigenvalue weighted by Gasteiger charge is 1.98. The molecule has 0 unspecified atom stereocenters. The van der Waals surface area contributed by atoms with E-state index in [1.807, 2.05) is 6.20 Å². The minimum atomic E-state index is 1.10. The molecule has 0 aliphatic carbocycles. The molecule has 0 saturated heterocycles. The zero-order chi connectivity index (χ0) is 8.10. The van der Waals surface area contributed by atoms with Crippen molar-refractivity contribution in [3.05, 3.63) is 12.5 Å². The van der Waals surface area contributed by atoms with Gasteiger partial charge in [-0.3, -0.25) is 0 Å². The molecule has 11 heavy (non-hydrogen) atoms. The number of unbranched alkanes of at least 4 members (excludes halogenated alkanes) is 1. The van der Waals surface area contributed by atoms with Crippen LogP contribution in [0.5, 0.6) is 0 Å². The summed E-state index contributed by atoms with van der Waals surface area (Å²) in [6.45, 7) is 3.29. The lowest BCUT2D eigenvalue weighted by Gasteiger charge is -2.15. The van der Waals surface area contributed by atoms with Crippen LogP contribution in [-0.2, 0) is 0 Å². The molecule has 0 aromatic carbocycles. The predicted octanol–water partition coefficient (Wildman–Crippen LogP) is 1.65. The van der Waals surface area contributed by atoms with Crippen molar-refractivity contribution in [2.75, 3.05) is 18.5 Å². The number of imidazole rings is 1. The number of hydrogen-bond donors (Lipinski definition) is 1. The highest BCUT2D eigenvalue weighted by molar-refractivity contribution is 5.33. The van der Waals surface area contributed by atoms with E-state index in [-0.39, 0.29) is 0 Å². The van der Waals surface area contributed by atoms with Crippen molar-refractivity contribution >= 4 is 5.82 Å². The van der Waals surface area contributed by atoms with Gasteiger partial charge in [-0.25, -0.2) is 4.98 Å². The highest BCUT2D eigenvalue weighted by Crippen LogP contribution is 2.05. The lowest BCUT2D eigenvalue weighted by molar-refractivity contribution is 0.761. The van der Waals surface area contributed by atoms with Crippen molar-refractivity contribution in [1.82, 2.24) is 9.97 Å². The van der Waals surface area contributed by atoms with E-state index in [4.69, 9.17) is 0 Å². The molecule has 0 atom stereocenters. The number of anilines is 1. The molecule has 3 nitrogen and oxygen atoms in total. The van der Waals surface area contributed by atoms with Gasteiger partial charge in [-0.1, -0.05) is 13.3 Å². The second kappa shape index (κ2) is 4.01. The number of nitrogens with zero attached hydrogens (tertiary/aromatic N) is 2. The zero-order valence-corrected chi connectivity index (χ0v) is 7.17. The summed E-state index contributed by atoms with van der Waals surface area (Å²) in [5.74, 6) is 1.10. The molecular formula is C8H15N3. The SMILES string of the molecule is CCCCN(C)c1cnc[nH]1. The Balaban J connectivity index is 2.36. The number of aromatic nitrogens is 2. The van der Waals surface area contributed by atoms with E-state index in [1.165, 1.54) is 12.8 Å². The second-order valence-corrected chi connectivity index (χ2v) is 2.71. The number of nitrogens with one attached hydrogen (secondary N) is 1. The molecule has 1 aromatic rings. The van der Waals surface area contributed by atoms with Crippen molar-refractivity contribution in [2.24, 2.45) is 0 Å². The molecule has 0 aliphatic heterocycles. The van der Waals surface area contributed by atoms with Crippen molar-refractivity contribution in [3.63, 3.8) is 0 Å². The van der Waals surface area contributed by atoms with Crippen LogP contribution >= 0.6 is 0 Å². The fourth-order valence-corrected chi connectivity index (χ4v) is 0.973. The van der Waals surface area contributed by atoms with Crippen LogP contribution in [0.25, 0.3) is 0 Å². The van der Waals surface area contributed by atoms with E-state index in [0.717, 1.165) is 12.4 Å². The molecule has 0 saturated carbocycles. The first-order valence-corrected chi connectivity index (χ1v) is 4.04. The Bertz CT molecular complexity index is 181. The quantitative estimate of drug-likeness (QED) is 0.713. The largest absolute Gasteiger partial charge is 0.360 e. The Labute approximate surface area is 67.4 Å². The molecule has 62 valence electrons. The minimum absolute atomic E-state index is 1.10. The summed E-state index contributed by atoms with van der Waals surface area (Å²) in [7, 11) is 2.07. The summed E-state index contributed by atoms with van der Waals surface area (Å²) >= 11 is 0. The predicted molar refractivity (Wildman–Crippen MR) is 46.8 cm³/mol. The Morgan fingerprint density at radius 2 is 2.45 bits per heavy atom. The van der Waals surface area contributed by atoms with Crippen LogP contribution in [0.2, 0.25) is 0 Å². The Morgan fingerprint density at radius 3 is 3.00 bits per heavy atom. The van der Waals surface area contributed by atoms with Crippen LogP contribution in [0, 0.1) is 0 Å². The number of H-pyrrole nitrogens is 1. The standard InChI is InChI=1S/C8H15N3/c1-3-4-5-11(2)8-6-9-7-10-8/h6-7H,3-5H2,1-2H3,(H,9,10). The van der Waals surface area contributed by atoms with Crippen molar-refractivity contribution in [2.45, 2.75) is 19.8 Å². The second-order valence-electron chi connectivity index (χ2n) is 2.71. The van der Waals surface area contributed by atoms with Gasteiger partial charge in [-0.05, 0) is 6.42 Å². The summed E-state index contributed by atoms with van der Waals surface area (Å²) in [6, 6.07) is 0. The first kappa shape index (κ1) is 8.11. The van der Waals surface area contributed by atoms with Gasteiger partial charge in [0.05, 0.1) is 12.5 Å². The molecule has 1 aromatic heterocycles. The Kier molecular flexibility index (Phi) is 2.95. The van der Waals surface area contributed by atoms with E-state index < -0.39 is 0 Å². The lowest BCUT2D eigenvalue weighted by atomic mass is 10.3.